The standard InChI is InChI=1S/C14H17BrN2OS/c1-10(7-9-19(2)18)17-14-12-4-3-5-13(15)11(12)6-8-16-14/h3-6,8,10H,7,9H2,1-2H3,(H,16,17). The van der Waals surface area contributed by atoms with Crippen LogP contribution in [-0.4, -0.2) is 27.2 Å². The number of pyridine rings is 1. The van der Waals surface area contributed by atoms with Gasteiger partial charge in [-0.25, -0.2) is 4.98 Å². The van der Waals surface area contributed by atoms with Crippen molar-refractivity contribution in [3.63, 3.8) is 0 Å². The van der Waals surface area contributed by atoms with Crippen molar-refractivity contribution in [3.05, 3.63) is 34.9 Å². The smallest absolute Gasteiger partial charge is 0.134 e. The molecular weight excluding hydrogens is 324 g/mol. The molecule has 0 radical (unpaired) electrons. The molecular formula is C14H17BrN2OS. The number of nitrogens with zero attached hydrogens (tertiary/aromatic N) is 1. The number of fused-ring (bicyclic) bond motifs is 1. The summed E-state index contributed by atoms with van der Waals surface area (Å²) in [6, 6.07) is 8.33. The zero-order valence-corrected chi connectivity index (χ0v) is 13.4. The molecule has 1 aromatic heterocycles. The molecule has 2 unspecified atom stereocenters. The van der Waals surface area contributed by atoms with E-state index in [1.165, 1.54) is 0 Å². The first-order chi connectivity index (χ1) is 9.08. The van der Waals surface area contributed by atoms with E-state index >= 15 is 0 Å². The Hall–Kier alpha value is -0.940. The number of aromatic nitrogens is 1. The Morgan fingerprint density at radius 2 is 2.16 bits per heavy atom. The molecule has 19 heavy (non-hydrogen) atoms. The molecule has 0 aliphatic heterocycles. The van der Waals surface area contributed by atoms with Crippen LogP contribution in [0.3, 0.4) is 0 Å². The normalized spacial score (nSPS) is 14.3. The highest BCUT2D eigenvalue weighted by molar-refractivity contribution is 9.10. The minimum atomic E-state index is -0.743. The van der Waals surface area contributed by atoms with Crippen LogP contribution >= 0.6 is 15.9 Å². The van der Waals surface area contributed by atoms with Crippen molar-refractivity contribution >= 4 is 43.3 Å². The Kier molecular flexibility index (Phi) is 4.93. The lowest BCUT2D eigenvalue weighted by atomic mass is 10.1. The highest BCUT2D eigenvalue weighted by Gasteiger charge is 2.08. The van der Waals surface area contributed by atoms with Crippen molar-refractivity contribution in [3.8, 4) is 0 Å². The second kappa shape index (κ2) is 6.48. The largest absolute Gasteiger partial charge is 0.367 e. The predicted octanol–water partition coefficient (Wildman–Crippen LogP) is 3.57. The Balaban J connectivity index is 2.21. The van der Waals surface area contributed by atoms with Crippen molar-refractivity contribution in [2.75, 3.05) is 17.3 Å². The lowest BCUT2D eigenvalue weighted by Crippen LogP contribution is -2.18. The molecule has 1 aromatic carbocycles. The number of benzene rings is 1. The lowest BCUT2D eigenvalue weighted by Gasteiger charge is -2.15. The van der Waals surface area contributed by atoms with Crippen LogP contribution in [0.5, 0.6) is 0 Å². The Morgan fingerprint density at radius 3 is 2.89 bits per heavy atom. The summed E-state index contributed by atoms with van der Waals surface area (Å²) in [6.45, 7) is 2.09. The van der Waals surface area contributed by atoms with Crippen LogP contribution in [0.1, 0.15) is 13.3 Å². The van der Waals surface area contributed by atoms with E-state index in [0.717, 1.165) is 27.5 Å². The third kappa shape index (κ3) is 3.76. The van der Waals surface area contributed by atoms with E-state index in [9.17, 15) is 4.21 Å². The molecule has 2 atom stereocenters. The molecule has 2 rings (SSSR count). The third-order valence-corrected chi connectivity index (χ3v) is 4.48. The Morgan fingerprint density at radius 1 is 1.37 bits per heavy atom. The molecule has 0 amide bonds. The van der Waals surface area contributed by atoms with Crippen LogP contribution in [0.15, 0.2) is 34.9 Å². The summed E-state index contributed by atoms with van der Waals surface area (Å²) in [5.41, 5.74) is 0. The number of hydrogen-bond donors (Lipinski definition) is 1. The van der Waals surface area contributed by atoms with Crippen molar-refractivity contribution < 1.29 is 4.21 Å². The molecule has 5 heteroatoms. The second-order valence-electron chi connectivity index (χ2n) is 4.61. The molecule has 0 aliphatic rings. The average Bonchev–Trinajstić information content (AvgIpc) is 2.38. The van der Waals surface area contributed by atoms with Gasteiger partial charge in [0.1, 0.15) is 5.82 Å². The molecule has 1 N–H and O–H groups in total. The van der Waals surface area contributed by atoms with E-state index < -0.39 is 10.8 Å². The molecule has 0 spiro atoms. The van der Waals surface area contributed by atoms with Crippen molar-refractivity contribution in [2.24, 2.45) is 0 Å². The Labute approximate surface area is 124 Å². The van der Waals surface area contributed by atoms with Gasteiger partial charge in [0, 0.05) is 50.3 Å². The molecule has 1 heterocycles. The molecule has 0 aliphatic carbocycles. The molecule has 3 nitrogen and oxygen atoms in total. The molecule has 0 bridgehead atoms. The fraction of sp³-hybridized carbons (Fsp3) is 0.357. The molecule has 2 aromatic rings. The van der Waals surface area contributed by atoms with Gasteiger partial charge in [0.15, 0.2) is 0 Å². The van der Waals surface area contributed by atoms with E-state index in [0.29, 0.717) is 5.75 Å². The summed E-state index contributed by atoms with van der Waals surface area (Å²) >= 11 is 3.55. The predicted molar refractivity (Wildman–Crippen MR) is 86.1 cm³/mol. The first-order valence-corrected chi connectivity index (χ1v) is 8.69. The fourth-order valence-electron chi connectivity index (χ4n) is 1.93. The number of nitrogens with one attached hydrogen (secondary N) is 1. The van der Waals surface area contributed by atoms with Gasteiger partial charge in [-0.1, -0.05) is 28.1 Å². The summed E-state index contributed by atoms with van der Waals surface area (Å²) in [5.74, 6) is 1.59. The third-order valence-electron chi connectivity index (χ3n) is 2.97. The van der Waals surface area contributed by atoms with Gasteiger partial charge < -0.3 is 5.32 Å². The number of hydrogen-bond acceptors (Lipinski definition) is 3. The van der Waals surface area contributed by atoms with Gasteiger partial charge in [-0.15, -0.1) is 0 Å². The Bertz CT molecular complexity index is 603. The van der Waals surface area contributed by atoms with Gasteiger partial charge in [-0.2, -0.15) is 0 Å². The quantitative estimate of drug-likeness (QED) is 0.904. The van der Waals surface area contributed by atoms with Crippen molar-refractivity contribution in [2.45, 2.75) is 19.4 Å². The molecule has 0 fully saturated rings. The topological polar surface area (TPSA) is 42.0 Å². The van der Waals surface area contributed by atoms with Gasteiger partial charge in [0.25, 0.3) is 0 Å². The summed E-state index contributed by atoms with van der Waals surface area (Å²) in [7, 11) is -0.743. The van der Waals surface area contributed by atoms with E-state index in [1.54, 1.807) is 12.5 Å². The van der Waals surface area contributed by atoms with E-state index in [1.807, 2.05) is 18.2 Å². The van der Waals surface area contributed by atoms with Gasteiger partial charge >= 0.3 is 0 Å². The van der Waals surface area contributed by atoms with E-state index in [2.05, 4.69) is 39.2 Å². The first-order valence-electron chi connectivity index (χ1n) is 6.17. The zero-order valence-electron chi connectivity index (χ0n) is 11.0. The van der Waals surface area contributed by atoms with E-state index in [-0.39, 0.29) is 6.04 Å². The summed E-state index contributed by atoms with van der Waals surface area (Å²) in [4.78, 5) is 4.41. The highest BCUT2D eigenvalue weighted by Crippen LogP contribution is 2.28. The molecule has 102 valence electrons. The monoisotopic (exact) mass is 340 g/mol. The van der Waals surface area contributed by atoms with Crippen LogP contribution in [0.4, 0.5) is 5.82 Å². The summed E-state index contributed by atoms with van der Waals surface area (Å²) in [5, 5.41) is 5.64. The van der Waals surface area contributed by atoms with Crippen LogP contribution in [0.25, 0.3) is 10.8 Å². The highest BCUT2D eigenvalue weighted by atomic mass is 79.9. The number of anilines is 1. The lowest BCUT2D eigenvalue weighted by molar-refractivity contribution is 0.678. The maximum absolute atomic E-state index is 11.1. The van der Waals surface area contributed by atoms with Crippen LogP contribution in [0.2, 0.25) is 0 Å². The van der Waals surface area contributed by atoms with Crippen LogP contribution < -0.4 is 5.32 Å². The zero-order chi connectivity index (χ0) is 13.8. The maximum Gasteiger partial charge on any atom is 0.134 e. The minimum Gasteiger partial charge on any atom is -0.367 e. The molecule has 0 saturated carbocycles. The first kappa shape index (κ1) is 14.5. The van der Waals surface area contributed by atoms with Crippen molar-refractivity contribution in [1.29, 1.82) is 0 Å². The van der Waals surface area contributed by atoms with Gasteiger partial charge in [-0.3, -0.25) is 4.21 Å². The second-order valence-corrected chi connectivity index (χ2v) is 7.01. The van der Waals surface area contributed by atoms with Crippen molar-refractivity contribution in [1.82, 2.24) is 4.98 Å². The molecule has 0 saturated heterocycles. The number of halogens is 1. The van der Waals surface area contributed by atoms with Crippen LogP contribution in [-0.2, 0) is 10.8 Å². The SMILES string of the molecule is CC(CCS(C)=O)Nc1nccc2c(Br)cccc12. The minimum absolute atomic E-state index is 0.251. The fourth-order valence-corrected chi connectivity index (χ4v) is 3.12. The number of rotatable bonds is 5. The summed E-state index contributed by atoms with van der Waals surface area (Å²) in [6.07, 6.45) is 4.41. The van der Waals surface area contributed by atoms with E-state index in [4.69, 9.17) is 0 Å². The summed E-state index contributed by atoms with van der Waals surface area (Å²) < 4.78 is 12.2. The van der Waals surface area contributed by atoms with Gasteiger partial charge in [-0.05, 0) is 25.5 Å². The van der Waals surface area contributed by atoms with Gasteiger partial charge in [0.05, 0.1) is 0 Å². The maximum atomic E-state index is 11.1. The average molecular weight is 341 g/mol. The van der Waals surface area contributed by atoms with Crippen LogP contribution in [0, 0.1) is 0 Å². The van der Waals surface area contributed by atoms with Gasteiger partial charge in [0.2, 0.25) is 0 Å².